The van der Waals surface area contributed by atoms with Crippen LogP contribution in [0, 0.1) is 0 Å². The van der Waals surface area contributed by atoms with E-state index in [9.17, 15) is 14.4 Å². The lowest BCUT2D eigenvalue weighted by atomic mass is 10.2. The normalized spacial score (nSPS) is 16.6. The van der Waals surface area contributed by atoms with Gasteiger partial charge < -0.3 is 5.32 Å². The van der Waals surface area contributed by atoms with E-state index in [0.29, 0.717) is 11.1 Å². The molecule has 0 aliphatic carbocycles. The number of carbonyl (C=O) groups is 3. The molecule has 0 saturated heterocycles. The second kappa shape index (κ2) is 3.61. The summed E-state index contributed by atoms with van der Waals surface area (Å²) in [5.74, 6) is -1.11. The molecule has 0 spiro atoms. The van der Waals surface area contributed by atoms with Crippen LogP contribution in [0.5, 0.6) is 0 Å². The van der Waals surface area contributed by atoms with Gasteiger partial charge in [0.2, 0.25) is 5.91 Å². The highest BCUT2D eigenvalue weighted by atomic mass is 16.2. The van der Waals surface area contributed by atoms with Gasteiger partial charge >= 0.3 is 0 Å². The number of hydrogen-bond donors (Lipinski definition) is 1. The summed E-state index contributed by atoms with van der Waals surface area (Å²) in [6.45, 7) is 2.96. The van der Waals surface area contributed by atoms with Gasteiger partial charge in [-0.2, -0.15) is 0 Å². The van der Waals surface area contributed by atoms with Crippen LogP contribution < -0.4 is 5.32 Å². The quantitative estimate of drug-likeness (QED) is 0.602. The number of amides is 3. The number of nitrogens with one attached hydrogen (secondary N) is 1. The molecule has 1 aliphatic heterocycles. The van der Waals surface area contributed by atoms with Crippen LogP contribution in [-0.4, -0.2) is 36.2 Å². The van der Waals surface area contributed by atoms with E-state index < -0.39 is 0 Å². The lowest BCUT2D eigenvalue weighted by Gasteiger charge is -2.12. The van der Waals surface area contributed by atoms with E-state index in [0.717, 1.165) is 4.90 Å². The summed E-state index contributed by atoms with van der Waals surface area (Å²) in [5.41, 5.74) is 0.831. The van der Waals surface area contributed by atoms with Gasteiger partial charge in [0.1, 0.15) is 6.54 Å². The van der Waals surface area contributed by atoms with Crippen LogP contribution in [0.1, 0.15) is 13.8 Å². The number of carbonyl (C=O) groups excluding carboxylic acids is 3. The summed E-state index contributed by atoms with van der Waals surface area (Å²) in [6, 6.07) is 0. The molecular formula is C9H12N2O3. The van der Waals surface area contributed by atoms with Crippen LogP contribution in [0.4, 0.5) is 0 Å². The van der Waals surface area contributed by atoms with E-state index in [1.54, 1.807) is 13.8 Å². The summed E-state index contributed by atoms with van der Waals surface area (Å²) in [5, 5.41) is 2.36. The van der Waals surface area contributed by atoms with Gasteiger partial charge in [-0.15, -0.1) is 0 Å². The molecule has 1 N–H and O–H groups in total. The molecule has 0 bridgehead atoms. The fourth-order valence-electron chi connectivity index (χ4n) is 1.18. The lowest BCUT2D eigenvalue weighted by Crippen LogP contribution is -2.40. The number of rotatable bonds is 2. The molecule has 0 fully saturated rings. The molecule has 5 heteroatoms. The zero-order valence-corrected chi connectivity index (χ0v) is 8.38. The third-order valence-corrected chi connectivity index (χ3v) is 2.27. The third-order valence-electron chi connectivity index (χ3n) is 2.27. The summed E-state index contributed by atoms with van der Waals surface area (Å²) < 4.78 is 0. The molecule has 1 heterocycles. The molecule has 0 atom stereocenters. The second-order valence-electron chi connectivity index (χ2n) is 3.12. The Labute approximate surface area is 81.8 Å². The molecule has 0 unspecified atom stereocenters. The van der Waals surface area contributed by atoms with Gasteiger partial charge in [0.25, 0.3) is 11.8 Å². The fraction of sp³-hybridized carbons (Fsp3) is 0.444. The predicted octanol–water partition coefficient (Wildman–Crippen LogP) is -0.562. The molecule has 1 rings (SSSR count). The third kappa shape index (κ3) is 1.53. The Kier molecular flexibility index (Phi) is 2.69. The molecule has 0 aromatic heterocycles. The lowest BCUT2D eigenvalue weighted by molar-refractivity contribution is -0.141. The highest BCUT2D eigenvalue weighted by molar-refractivity contribution is 6.19. The van der Waals surface area contributed by atoms with Crippen molar-refractivity contribution in [2.24, 2.45) is 0 Å². The molecule has 0 saturated carbocycles. The van der Waals surface area contributed by atoms with E-state index in [-0.39, 0.29) is 24.3 Å². The number of hydrogen-bond acceptors (Lipinski definition) is 3. The van der Waals surface area contributed by atoms with Crippen LogP contribution in [0.25, 0.3) is 0 Å². The molecule has 1 aliphatic rings. The first kappa shape index (κ1) is 10.4. The molecule has 3 amide bonds. The maximum absolute atomic E-state index is 11.4. The van der Waals surface area contributed by atoms with Gasteiger partial charge in [-0.3, -0.25) is 19.3 Å². The minimum atomic E-state index is -0.379. The second-order valence-corrected chi connectivity index (χ2v) is 3.12. The van der Waals surface area contributed by atoms with Gasteiger partial charge in [-0.1, -0.05) is 0 Å². The Bertz CT molecular complexity index is 320. The Hall–Kier alpha value is -1.65. The molecule has 14 heavy (non-hydrogen) atoms. The van der Waals surface area contributed by atoms with Crippen molar-refractivity contribution in [3.8, 4) is 0 Å². The number of imide groups is 1. The highest BCUT2D eigenvalue weighted by Gasteiger charge is 2.34. The van der Waals surface area contributed by atoms with Crippen molar-refractivity contribution >= 4 is 17.7 Å². The van der Waals surface area contributed by atoms with E-state index in [1.807, 2.05) is 0 Å². The Morgan fingerprint density at radius 1 is 1.21 bits per heavy atom. The molecule has 5 nitrogen and oxygen atoms in total. The monoisotopic (exact) mass is 196 g/mol. The standard InChI is InChI=1S/C9H12N2O3/c1-5-6(2)9(14)11(8(5)13)4-7(12)10-3/h4H2,1-3H3,(H,10,12). The maximum Gasteiger partial charge on any atom is 0.257 e. The smallest absolute Gasteiger partial charge is 0.257 e. The molecule has 0 radical (unpaired) electrons. The molecule has 0 aromatic carbocycles. The van der Waals surface area contributed by atoms with Gasteiger partial charge in [-0.05, 0) is 13.8 Å². The van der Waals surface area contributed by atoms with Crippen molar-refractivity contribution in [2.75, 3.05) is 13.6 Å². The van der Waals surface area contributed by atoms with Crippen molar-refractivity contribution < 1.29 is 14.4 Å². The minimum absolute atomic E-state index is 0.206. The van der Waals surface area contributed by atoms with Gasteiger partial charge in [0.05, 0.1) is 0 Å². The van der Waals surface area contributed by atoms with E-state index in [2.05, 4.69) is 5.32 Å². The van der Waals surface area contributed by atoms with Crippen molar-refractivity contribution in [1.82, 2.24) is 10.2 Å². The average Bonchev–Trinajstić information content (AvgIpc) is 2.35. The maximum atomic E-state index is 11.4. The van der Waals surface area contributed by atoms with E-state index >= 15 is 0 Å². The number of likely N-dealkylation sites (N-methyl/N-ethyl adjacent to an activating group) is 1. The van der Waals surface area contributed by atoms with Gasteiger partial charge in [0, 0.05) is 18.2 Å². The summed E-state index contributed by atoms with van der Waals surface area (Å²) in [4.78, 5) is 34.8. The predicted molar refractivity (Wildman–Crippen MR) is 49.2 cm³/mol. The molecule has 76 valence electrons. The summed E-state index contributed by atoms with van der Waals surface area (Å²) >= 11 is 0. The van der Waals surface area contributed by atoms with Gasteiger partial charge in [0.15, 0.2) is 0 Å². The largest absolute Gasteiger partial charge is 0.358 e. The van der Waals surface area contributed by atoms with Crippen molar-refractivity contribution in [1.29, 1.82) is 0 Å². The van der Waals surface area contributed by atoms with Crippen LogP contribution in [-0.2, 0) is 14.4 Å². The summed E-state index contributed by atoms with van der Waals surface area (Å²) in [7, 11) is 1.46. The zero-order valence-electron chi connectivity index (χ0n) is 8.38. The topological polar surface area (TPSA) is 66.5 Å². The van der Waals surface area contributed by atoms with Crippen LogP contribution in [0.15, 0.2) is 11.1 Å². The van der Waals surface area contributed by atoms with Crippen LogP contribution in [0.2, 0.25) is 0 Å². The van der Waals surface area contributed by atoms with E-state index in [1.165, 1.54) is 7.05 Å². The van der Waals surface area contributed by atoms with E-state index in [4.69, 9.17) is 0 Å². The fourth-order valence-corrected chi connectivity index (χ4v) is 1.18. The highest BCUT2D eigenvalue weighted by Crippen LogP contribution is 2.18. The average molecular weight is 196 g/mol. The first-order chi connectivity index (χ1) is 6.49. The summed E-state index contributed by atoms with van der Waals surface area (Å²) in [6.07, 6.45) is 0. The number of nitrogens with zero attached hydrogens (tertiary/aromatic N) is 1. The molecule has 0 aromatic rings. The minimum Gasteiger partial charge on any atom is -0.358 e. The van der Waals surface area contributed by atoms with Crippen molar-refractivity contribution in [2.45, 2.75) is 13.8 Å². The van der Waals surface area contributed by atoms with Crippen molar-refractivity contribution in [3.05, 3.63) is 11.1 Å². The first-order valence-corrected chi connectivity index (χ1v) is 4.23. The SMILES string of the molecule is CNC(=O)CN1C(=O)C(C)=C(C)C1=O. The Morgan fingerprint density at radius 3 is 2.00 bits per heavy atom. The van der Waals surface area contributed by atoms with Crippen LogP contribution >= 0.6 is 0 Å². The van der Waals surface area contributed by atoms with Crippen molar-refractivity contribution in [3.63, 3.8) is 0 Å². The molecular weight excluding hydrogens is 184 g/mol. The Morgan fingerprint density at radius 2 is 1.64 bits per heavy atom. The van der Waals surface area contributed by atoms with Gasteiger partial charge in [-0.25, -0.2) is 0 Å². The first-order valence-electron chi connectivity index (χ1n) is 4.23. The zero-order chi connectivity index (χ0) is 10.9. The van der Waals surface area contributed by atoms with Crippen LogP contribution in [0.3, 0.4) is 0 Å². The Balaban J connectivity index is 2.82.